The molecule has 1 aromatic heterocycles. The number of morpholine rings is 1. The number of nitrogens with zero attached hydrogens (tertiary/aromatic N) is 4. The van der Waals surface area contributed by atoms with E-state index in [0.29, 0.717) is 19.8 Å². The van der Waals surface area contributed by atoms with E-state index in [1.807, 2.05) is 6.07 Å². The van der Waals surface area contributed by atoms with Crippen molar-refractivity contribution in [3.63, 3.8) is 0 Å². The van der Waals surface area contributed by atoms with Crippen LogP contribution in [0.1, 0.15) is 12.0 Å². The summed E-state index contributed by atoms with van der Waals surface area (Å²) in [6, 6.07) is 6.24. The number of aromatic nitrogens is 2. The first-order chi connectivity index (χ1) is 13.2. The number of anilines is 2. The maximum Gasteiger partial charge on any atom is 0.227 e. The van der Waals surface area contributed by atoms with Gasteiger partial charge >= 0.3 is 0 Å². The van der Waals surface area contributed by atoms with Gasteiger partial charge in [-0.3, -0.25) is 4.90 Å². The molecular formula is C19H23F2N5O. The lowest BCUT2D eigenvalue weighted by Gasteiger charge is -2.27. The molecule has 2 aliphatic heterocycles. The average Bonchev–Trinajstić information content (AvgIpc) is 3.12. The van der Waals surface area contributed by atoms with Gasteiger partial charge in [-0.15, -0.1) is 0 Å². The Morgan fingerprint density at radius 3 is 2.78 bits per heavy atom. The molecule has 2 fully saturated rings. The summed E-state index contributed by atoms with van der Waals surface area (Å²) in [5.74, 6) is -0.0661. The van der Waals surface area contributed by atoms with Crippen molar-refractivity contribution in [2.75, 3.05) is 49.6 Å². The van der Waals surface area contributed by atoms with Crippen LogP contribution in [0, 0.1) is 11.6 Å². The lowest BCUT2D eigenvalue weighted by Crippen LogP contribution is -2.37. The summed E-state index contributed by atoms with van der Waals surface area (Å²) < 4.78 is 31.8. The molecule has 0 radical (unpaired) electrons. The minimum atomic E-state index is -0.806. The predicted octanol–water partition coefficient (Wildman–Crippen LogP) is 2.28. The summed E-state index contributed by atoms with van der Waals surface area (Å²) in [5, 5.41) is 3.47. The van der Waals surface area contributed by atoms with Gasteiger partial charge < -0.3 is 15.0 Å². The van der Waals surface area contributed by atoms with E-state index >= 15 is 0 Å². The Hall–Kier alpha value is -2.32. The molecule has 1 atom stereocenters. The topological polar surface area (TPSA) is 53.5 Å². The quantitative estimate of drug-likeness (QED) is 0.865. The van der Waals surface area contributed by atoms with E-state index in [2.05, 4.69) is 25.1 Å². The number of halogens is 2. The van der Waals surface area contributed by atoms with Crippen molar-refractivity contribution in [3.05, 3.63) is 47.7 Å². The van der Waals surface area contributed by atoms with Gasteiger partial charge in [0, 0.05) is 45.0 Å². The number of likely N-dealkylation sites (tertiary alicyclic amines) is 1. The number of ether oxygens (including phenoxy) is 1. The first kappa shape index (κ1) is 18.1. The second-order valence-corrected chi connectivity index (χ2v) is 6.95. The van der Waals surface area contributed by atoms with E-state index in [1.54, 1.807) is 12.3 Å². The van der Waals surface area contributed by atoms with Gasteiger partial charge in [0.2, 0.25) is 5.95 Å². The highest BCUT2D eigenvalue weighted by Crippen LogP contribution is 2.19. The monoisotopic (exact) mass is 375 g/mol. The third kappa shape index (κ3) is 4.51. The fourth-order valence-electron chi connectivity index (χ4n) is 3.54. The minimum Gasteiger partial charge on any atom is -0.378 e. The molecule has 0 bridgehead atoms. The van der Waals surface area contributed by atoms with Crippen LogP contribution in [0.4, 0.5) is 20.5 Å². The highest BCUT2D eigenvalue weighted by Gasteiger charge is 2.23. The van der Waals surface area contributed by atoms with E-state index in [1.165, 1.54) is 12.1 Å². The van der Waals surface area contributed by atoms with E-state index in [0.717, 1.165) is 49.9 Å². The largest absolute Gasteiger partial charge is 0.378 e. The summed E-state index contributed by atoms with van der Waals surface area (Å²) in [5.41, 5.74) is 0.784. The van der Waals surface area contributed by atoms with E-state index in [9.17, 15) is 8.78 Å². The van der Waals surface area contributed by atoms with Crippen LogP contribution in [0.25, 0.3) is 0 Å². The van der Waals surface area contributed by atoms with Crippen molar-refractivity contribution in [2.45, 2.75) is 19.0 Å². The Morgan fingerprint density at radius 2 is 1.96 bits per heavy atom. The second kappa shape index (κ2) is 8.14. The van der Waals surface area contributed by atoms with Crippen LogP contribution < -0.4 is 10.2 Å². The Kier molecular flexibility index (Phi) is 5.45. The Morgan fingerprint density at radius 1 is 1.11 bits per heavy atom. The highest BCUT2D eigenvalue weighted by molar-refractivity contribution is 5.42. The van der Waals surface area contributed by atoms with Crippen LogP contribution in [-0.2, 0) is 11.3 Å². The van der Waals surface area contributed by atoms with Crippen molar-refractivity contribution >= 4 is 11.8 Å². The second-order valence-electron chi connectivity index (χ2n) is 6.95. The maximum atomic E-state index is 13.4. The molecule has 144 valence electrons. The summed E-state index contributed by atoms with van der Waals surface area (Å²) in [4.78, 5) is 13.3. The molecule has 2 aliphatic rings. The van der Waals surface area contributed by atoms with Gasteiger partial charge in [-0.05, 0) is 30.2 Å². The predicted molar refractivity (Wildman–Crippen MR) is 98.7 cm³/mol. The molecule has 2 aromatic rings. The molecule has 4 rings (SSSR count). The molecule has 0 saturated carbocycles. The Balaban J connectivity index is 1.33. The molecular weight excluding hydrogens is 352 g/mol. The molecule has 27 heavy (non-hydrogen) atoms. The zero-order chi connectivity index (χ0) is 18.6. The third-order valence-electron chi connectivity index (χ3n) is 4.95. The normalized spacial score (nSPS) is 20.8. The molecule has 0 spiro atoms. The molecule has 0 amide bonds. The van der Waals surface area contributed by atoms with Gasteiger partial charge in [0.15, 0.2) is 11.6 Å². The van der Waals surface area contributed by atoms with Crippen LogP contribution in [0.5, 0.6) is 0 Å². The van der Waals surface area contributed by atoms with Gasteiger partial charge in [0.05, 0.1) is 13.2 Å². The standard InChI is InChI=1S/C19H23F2N5O/c20-16-2-1-14(11-17(16)21)12-25-6-4-15(13-25)23-18-3-5-22-19(24-18)26-7-9-27-10-8-26/h1-3,5,11,15H,4,6-10,12-13H2,(H,22,23,24). The van der Waals surface area contributed by atoms with Gasteiger partial charge in [-0.2, -0.15) is 4.98 Å². The first-order valence-electron chi connectivity index (χ1n) is 9.26. The van der Waals surface area contributed by atoms with Crippen molar-refractivity contribution in [1.82, 2.24) is 14.9 Å². The molecule has 2 saturated heterocycles. The molecule has 1 unspecified atom stereocenters. The van der Waals surface area contributed by atoms with Crippen LogP contribution >= 0.6 is 0 Å². The molecule has 8 heteroatoms. The van der Waals surface area contributed by atoms with Crippen molar-refractivity contribution in [1.29, 1.82) is 0 Å². The number of hydrogen-bond acceptors (Lipinski definition) is 6. The molecule has 3 heterocycles. The average molecular weight is 375 g/mol. The van der Waals surface area contributed by atoms with Crippen LogP contribution in [0.3, 0.4) is 0 Å². The van der Waals surface area contributed by atoms with Crippen molar-refractivity contribution in [3.8, 4) is 0 Å². The molecule has 1 aromatic carbocycles. The number of hydrogen-bond donors (Lipinski definition) is 1. The minimum absolute atomic E-state index is 0.266. The zero-order valence-electron chi connectivity index (χ0n) is 15.1. The molecule has 0 aliphatic carbocycles. The Labute approximate surface area is 157 Å². The van der Waals surface area contributed by atoms with E-state index < -0.39 is 11.6 Å². The number of benzene rings is 1. The summed E-state index contributed by atoms with van der Waals surface area (Å²) in [7, 11) is 0. The summed E-state index contributed by atoms with van der Waals surface area (Å²) in [6.45, 7) is 5.33. The zero-order valence-corrected chi connectivity index (χ0v) is 15.1. The SMILES string of the molecule is Fc1ccc(CN2CCC(Nc3ccnc(N4CCOCC4)n3)C2)cc1F. The van der Waals surface area contributed by atoms with Gasteiger partial charge in [-0.25, -0.2) is 13.8 Å². The molecule has 1 N–H and O–H groups in total. The fraction of sp³-hybridized carbons (Fsp3) is 0.474. The fourth-order valence-corrected chi connectivity index (χ4v) is 3.54. The smallest absolute Gasteiger partial charge is 0.227 e. The highest BCUT2D eigenvalue weighted by atomic mass is 19.2. The summed E-state index contributed by atoms with van der Waals surface area (Å²) in [6.07, 6.45) is 2.74. The summed E-state index contributed by atoms with van der Waals surface area (Å²) >= 11 is 0. The number of rotatable bonds is 5. The van der Waals surface area contributed by atoms with Gasteiger partial charge in [0.25, 0.3) is 0 Å². The van der Waals surface area contributed by atoms with E-state index in [4.69, 9.17) is 4.74 Å². The van der Waals surface area contributed by atoms with Gasteiger partial charge in [0.1, 0.15) is 5.82 Å². The number of nitrogens with one attached hydrogen (secondary N) is 1. The van der Waals surface area contributed by atoms with E-state index in [-0.39, 0.29) is 6.04 Å². The van der Waals surface area contributed by atoms with Crippen LogP contribution in [-0.4, -0.2) is 60.3 Å². The lowest BCUT2D eigenvalue weighted by atomic mass is 10.2. The van der Waals surface area contributed by atoms with Crippen molar-refractivity contribution in [2.24, 2.45) is 0 Å². The van der Waals surface area contributed by atoms with Crippen LogP contribution in [0.15, 0.2) is 30.5 Å². The maximum absolute atomic E-state index is 13.4. The third-order valence-corrected chi connectivity index (χ3v) is 4.95. The lowest BCUT2D eigenvalue weighted by molar-refractivity contribution is 0.122. The van der Waals surface area contributed by atoms with Crippen LogP contribution in [0.2, 0.25) is 0 Å². The first-order valence-corrected chi connectivity index (χ1v) is 9.26. The van der Waals surface area contributed by atoms with Gasteiger partial charge in [-0.1, -0.05) is 6.07 Å². The van der Waals surface area contributed by atoms with Crippen molar-refractivity contribution < 1.29 is 13.5 Å². The Bertz CT molecular complexity index is 784. The molecule has 6 nitrogen and oxygen atoms in total.